The van der Waals surface area contributed by atoms with Crippen molar-refractivity contribution in [3.05, 3.63) is 58.6 Å². The number of benzene rings is 1. The van der Waals surface area contributed by atoms with Crippen molar-refractivity contribution < 1.29 is 4.39 Å². The lowest BCUT2D eigenvalue weighted by atomic mass is 10.1. The van der Waals surface area contributed by atoms with Gasteiger partial charge in [-0.3, -0.25) is 0 Å². The van der Waals surface area contributed by atoms with E-state index in [1.807, 2.05) is 12.3 Å². The van der Waals surface area contributed by atoms with E-state index in [-0.39, 0.29) is 16.4 Å². The van der Waals surface area contributed by atoms with E-state index in [1.165, 1.54) is 11.8 Å². The molecule has 1 heterocycles. The van der Waals surface area contributed by atoms with Gasteiger partial charge in [-0.05, 0) is 50.6 Å². The van der Waals surface area contributed by atoms with Gasteiger partial charge in [-0.15, -0.1) is 0 Å². The molecule has 20 heavy (non-hydrogen) atoms. The van der Waals surface area contributed by atoms with E-state index in [2.05, 4.69) is 36.7 Å². The standard InChI is InChI=1S/C16H20ClFN2/c1-16(2,3)19-10-13-5-4-8-20(13)11-12-6-7-15(18)14(17)9-12/h4-9,19H,10-11H2,1-3H3. The third-order valence-electron chi connectivity index (χ3n) is 3.06. The van der Waals surface area contributed by atoms with E-state index < -0.39 is 0 Å². The molecule has 1 aromatic heterocycles. The molecule has 108 valence electrons. The van der Waals surface area contributed by atoms with Crippen LogP contribution in [0.25, 0.3) is 0 Å². The lowest BCUT2D eigenvalue weighted by Crippen LogP contribution is -2.35. The molecular formula is C16H20ClFN2. The minimum Gasteiger partial charge on any atom is -0.346 e. The fraction of sp³-hybridized carbons (Fsp3) is 0.375. The van der Waals surface area contributed by atoms with E-state index in [1.54, 1.807) is 12.1 Å². The van der Waals surface area contributed by atoms with Crippen molar-refractivity contribution >= 4 is 11.6 Å². The largest absolute Gasteiger partial charge is 0.346 e. The van der Waals surface area contributed by atoms with Gasteiger partial charge in [0.1, 0.15) is 5.82 Å². The summed E-state index contributed by atoms with van der Waals surface area (Å²) in [6.45, 7) is 7.90. The molecule has 0 aliphatic heterocycles. The number of hydrogen-bond acceptors (Lipinski definition) is 1. The first kappa shape index (κ1) is 15.1. The van der Waals surface area contributed by atoms with E-state index >= 15 is 0 Å². The number of hydrogen-bond donors (Lipinski definition) is 1. The lowest BCUT2D eigenvalue weighted by molar-refractivity contribution is 0.417. The Morgan fingerprint density at radius 2 is 2.00 bits per heavy atom. The van der Waals surface area contributed by atoms with Crippen LogP contribution in [-0.2, 0) is 13.1 Å². The predicted molar refractivity (Wildman–Crippen MR) is 81.5 cm³/mol. The second kappa shape index (κ2) is 5.98. The third kappa shape index (κ3) is 4.09. The molecule has 0 unspecified atom stereocenters. The highest BCUT2D eigenvalue weighted by Crippen LogP contribution is 2.17. The van der Waals surface area contributed by atoms with E-state index in [0.717, 1.165) is 12.1 Å². The smallest absolute Gasteiger partial charge is 0.141 e. The van der Waals surface area contributed by atoms with Crippen molar-refractivity contribution in [2.75, 3.05) is 0 Å². The Hall–Kier alpha value is -1.32. The second-order valence-electron chi connectivity index (χ2n) is 5.98. The number of nitrogens with zero attached hydrogens (tertiary/aromatic N) is 1. The average Bonchev–Trinajstić information content (AvgIpc) is 2.78. The molecule has 0 saturated carbocycles. The number of halogens is 2. The second-order valence-corrected chi connectivity index (χ2v) is 6.39. The maximum atomic E-state index is 13.2. The molecule has 0 aliphatic rings. The summed E-state index contributed by atoms with van der Waals surface area (Å²) >= 11 is 5.82. The zero-order valence-electron chi connectivity index (χ0n) is 12.1. The molecule has 0 saturated heterocycles. The molecule has 0 spiro atoms. The van der Waals surface area contributed by atoms with E-state index in [4.69, 9.17) is 11.6 Å². The normalized spacial score (nSPS) is 11.8. The molecule has 0 fully saturated rings. The van der Waals surface area contributed by atoms with Gasteiger partial charge >= 0.3 is 0 Å². The highest BCUT2D eigenvalue weighted by atomic mass is 35.5. The van der Waals surface area contributed by atoms with Crippen LogP contribution >= 0.6 is 11.6 Å². The molecule has 0 radical (unpaired) electrons. The van der Waals surface area contributed by atoms with Gasteiger partial charge in [0, 0.05) is 30.5 Å². The van der Waals surface area contributed by atoms with Crippen LogP contribution < -0.4 is 5.32 Å². The van der Waals surface area contributed by atoms with Gasteiger partial charge in [0.2, 0.25) is 0 Å². The molecule has 2 nitrogen and oxygen atoms in total. The molecular weight excluding hydrogens is 275 g/mol. The molecule has 1 N–H and O–H groups in total. The minimum atomic E-state index is -0.377. The maximum Gasteiger partial charge on any atom is 0.141 e. The Balaban J connectivity index is 2.10. The van der Waals surface area contributed by atoms with Crippen molar-refractivity contribution in [3.8, 4) is 0 Å². The summed E-state index contributed by atoms with van der Waals surface area (Å²) < 4.78 is 15.3. The fourth-order valence-electron chi connectivity index (χ4n) is 1.95. The molecule has 0 amide bonds. The first-order valence-electron chi connectivity index (χ1n) is 6.68. The minimum absolute atomic E-state index is 0.0777. The summed E-state index contributed by atoms with van der Waals surface area (Å²) in [5, 5.41) is 3.63. The zero-order chi connectivity index (χ0) is 14.8. The summed E-state index contributed by atoms with van der Waals surface area (Å²) in [4.78, 5) is 0. The molecule has 0 aliphatic carbocycles. The fourth-order valence-corrected chi connectivity index (χ4v) is 2.16. The first-order chi connectivity index (χ1) is 9.35. The maximum absolute atomic E-state index is 13.2. The summed E-state index contributed by atoms with van der Waals surface area (Å²) in [5.41, 5.74) is 2.26. The molecule has 0 bridgehead atoms. The highest BCUT2D eigenvalue weighted by Gasteiger charge is 2.10. The van der Waals surface area contributed by atoms with Crippen LogP contribution in [0, 0.1) is 5.82 Å². The summed E-state index contributed by atoms with van der Waals surface area (Å²) in [6.07, 6.45) is 2.02. The third-order valence-corrected chi connectivity index (χ3v) is 3.35. The Labute approximate surface area is 124 Å². The first-order valence-corrected chi connectivity index (χ1v) is 7.06. The molecule has 2 rings (SSSR count). The SMILES string of the molecule is CC(C)(C)NCc1cccn1Cc1ccc(F)c(Cl)c1. The molecule has 0 atom stereocenters. The Morgan fingerprint density at radius 1 is 1.25 bits per heavy atom. The highest BCUT2D eigenvalue weighted by molar-refractivity contribution is 6.30. The zero-order valence-corrected chi connectivity index (χ0v) is 12.8. The Kier molecular flexibility index (Phi) is 4.51. The summed E-state index contributed by atoms with van der Waals surface area (Å²) in [6, 6.07) is 8.96. The van der Waals surface area contributed by atoms with Gasteiger partial charge in [0.15, 0.2) is 0 Å². The van der Waals surface area contributed by atoms with Crippen LogP contribution in [0.5, 0.6) is 0 Å². The quantitative estimate of drug-likeness (QED) is 0.893. The Morgan fingerprint density at radius 3 is 2.65 bits per heavy atom. The van der Waals surface area contributed by atoms with Gasteiger partial charge in [0.05, 0.1) is 5.02 Å². The van der Waals surface area contributed by atoms with Crippen LogP contribution in [0.4, 0.5) is 4.39 Å². The lowest BCUT2D eigenvalue weighted by Gasteiger charge is -2.21. The van der Waals surface area contributed by atoms with Crippen LogP contribution in [0.15, 0.2) is 36.5 Å². The van der Waals surface area contributed by atoms with Gasteiger partial charge in [-0.2, -0.15) is 0 Å². The summed E-state index contributed by atoms with van der Waals surface area (Å²) in [7, 11) is 0. The van der Waals surface area contributed by atoms with Crippen molar-refractivity contribution in [2.45, 2.75) is 39.4 Å². The molecule has 2 aromatic rings. The van der Waals surface area contributed by atoms with Crippen LogP contribution in [0.1, 0.15) is 32.0 Å². The van der Waals surface area contributed by atoms with Crippen molar-refractivity contribution in [3.63, 3.8) is 0 Å². The van der Waals surface area contributed by atoms with Gasteiger partial charge < -0.3 is 9.88 Å². The monoisotopic (exact) mass is 294 g/mol. The van der Waals surface area contributed by atoms with Crippen molar-refractivity contribution in [1.29, 1.82) is 0 Å². The van der Waals surface area contributed by atoms with Gasteiger partial charge in [-0.1, -0.05) is 17.7 Å². The number of aromatic nitrogens is 1. The average molecular weight is 295 g/mol. The summed E-state index contributed by atoms with van der Waals surface area (Å²) in [5.74, 6) is -0.377. The van der Waals surface area contributed by atoms with Gasteiger partial charge in [-0.25, -0.2) is 4.39 Å². The Bertz CT molecular complexity index is 584. The van der Waals surface area contributed by atoms with E-state index in [0.29, 0.717) is 6.54 Å². The van der Waals surface area contributed by atoms with Crippen LogP contribution in [-0.4, -0.2) is 10.1 Å². The van der Waals surface area contributed by atoms with Crippen molar-refractivity contribution in [1.82, 2.24) is 9.88 Å². The predicted octanol–water partition coefficient (Wildman–Crippen LogP) is 4.22. The van der Waals surface area contributed by atoms with Crippen molar-refractivity contribution in [2.24, 2.45) is 0 Å². The number of rotatable bonds is 4. The van der Waals surface area contributed by atoms with E-state index in [9.17, 15) is 4.39 Å². The topological polar surface area (TPSA) is 17.0 Å². The molecule has 4 heteroatoms. The molecule has 1 aromatic carbocycles. The van der Waals surface area contributed by atoms with Gasteiger partial charge in [0.25, 0.3) is 0 Å². The van der Waals surface area contributed by atoms with Crippen LogP contribution in [0.3, 0.4) is 0 Å². The number of nitrogens with one attached hydrogen (secondary N) is 1. The van der Waals surface area contributed by atoms with Crippen LogP contribution in [0.2, 0.25) is 5.02 Å².